The summed E-state index contributed by atoms with van der Waals surface area (Å²) in [4.78, 5) is 29.9. The zero-order valence-electron chi connectivity index (χ0n) is 27.9. The first-order chi connectivity index (χ1) is 22.3. The number of amides is 2. The minimum Gasteiger partial charge on any atom is -0.387 e. The predicted octanol–water partition coefficient (Wildman–Crippen LogP) is 7.20. The van der Waals surface area contributed by atoms with E-state index in [1.165, 1.54) is 74.1 Å². The number of carbonyl (C=O) groups is 2. The summed E-state index contributed by atoms with van der Waals surface area (Å²) in [6, 6.07) is 14.9. The molecule has 4 unspecified atom stereocenters. The van der Waals surface area contributed by atoms with Gasteiger partial charge in [-0.2, -0.15) is 0 Å². The molecule has 0 aromatic heterocycles. The highest BCUT2D eigenvalue weighted by molar-refractivity contribution is 5.87. The van der Waals surface area contributed by atoms with Gasteiger partial charge in [0.25, 0.3) is 0 Å². The van der Waals surface area contributed by atoms with Crippen molar-refractivity contribution in [3.8, 4) is 0 Å². The number of nitrogens with one attached hydrogen (secondary N) is 2. The van der Waals surface area contributed by atoms with Crippen molar-refractivity contribution in [1.29, 1.82) is 5.41 Å². The number of nitrogens with two attached hydrogens (primary N) is 2. The fourth-order valence-corrected chi connectivity index (χ4v) is 10.2. The van der Waals surface area contributed by atoms with E-state index in [0.29, 0.717) is 30.8 Å². The smallest absolute Gasteiger partial charge is 0.237 e. The van der Waals surface area contributed by atoms with Gasteiger partial charge in [0.2, 0.25) is 11.8 Å². The molecule has 0 bridgehead atoms. The standard InChI is InChI=1S/C39H57N5O2/c40-35(41)29-20-21-32-24-34(36(45)43-27-38(37(42)46)22-11-6-12-23-38)44(26-30-16-13-15-28-14-9-10-19-33(28)30)39(32,25-29)31-17-7-4-2-1-3-5-8-18-31/h9-10,13-16,19,29,31-32,34H,1-8,11-12,17-18,20-27H2,(H3,40,41)(H2,42,46)(H,43,45). The molecule has 0 spiro atoms. The van der Waals surface area contributed by atoms with Gasteiger partial charge in [-0.05, 0) is 79.5 Å². The van der Waals surface area contributed by atoms with Crippen LogP contribution < -0.4 is 16.8 Å². The summed E-state index contributed by atoms with van der Waals surface area (Å²) in [7, 11) is 0. The number of nitrogens with zero attached hydrogens (tertiary/aromatic N) is 1. The normalized spacial score (nSPS) is 29.5. The van der Waals surface area contributed by atoms with Crippen LogP contribution in [0, 0.1) is 28.6 Å². The van der Waals surface area contributed by atoms with E-state index in [0.717, 1.165) is 57.8 Å². The molecule has 1 saturated heterocycles. The maximum absolute atomic E-state index is 14.6. The Balaban J connectivity index is 1.40. The van der Waals surface area contributed by atoms with Gasteiger partial charge >= 0.3 is 0 Å². The maximum Gasteiger partial charge on any atom is 0.237 e. The zero-order chi connectivity index (χ0) is 32.1. The average Bonchev–Trinajstić information content (AvgIpc) is 3.40. The summed E-state index contributed by atoms with van der Waals surface area (Å²) in [5, 5.41) is 14.4. The number of primary amides is 1. The molecule has 2 amide bonds. The molecule has 6 rings (SSSR count). The molecule has 1 heterocycles. The van der Waals surface area contributed by atoms with Crippen molar-refractivity contribution < 1.29 is 9.59 Å². The Kier molecular flexibility index (Phi) is 10.4. The topological polar surface area (TPSA) is 125 Å². The van der Waals surface area contributed by atoms with E-state index in [2.05, 4.69) is 52.7 Å². The van der Waals surface area contributed by atoms with E-state index in [-0.39, 0.29) is 29.3 Å². The SMILES string of the molecule is N=C(N)C1CCC2CC(C(=O)NCC3(C(N)=O)CCCCC3)N(Cc3cccc4ccccc34)C2(C2CCCCCCCCC2)C1. The lowest BCUT2D eigenvalue weighted by atomic mass is 9.60. The van der Waals surface area contributed by atoms with Crippen molar-refractivity contribution in [2.24, 2.45) is 34.6 Å². The first-order valence-electron chi connectivity index (χ1n) is 18.5. The third kappa shape index (κ3) is 6.58. The largest absolute Gasteiger partial charge is 0.387 e. The molecular weight excluding hydrogens is 570 g/mol. The molecule has 0 radical (unpaired) electrons. The second kappa shape index (κ2) is 14.5. The van der Waals surface area contributed by atoms with Gasteiger partial charge in [0.1, 0.15) is 0 Å². The number of benzene rings is 2. The number of fused-ring (bicyclic) bond motifs is 2. The second-order valence-corrected chi connectivity index (χ2v) is 15.3. The van der Waals surface area contributed by atoms with Crippen LogP contribution in [0.25, 0.3) is 10.8 Å². The Morgan fingerprint density at radius 1 is 0.804 bits per heavy atom. The zero-order valence-corrected chi connectivity index (χ0v) is 27.9. The molecule has 4 atom stereocenters. The lowest BCUT2D eigenvalue weighted by Gasteiger charge is -2.53. The van der Waals surface area contributed by atoms with Crippen LogP contribution in [0.15, 0.2) is 42.5 Å². The average molecular weight is 628 g/mol. The van der Waals surface area contributed by atoms with Crippen molar-refractivity contribution in [2.45, 2.75) is 134 Å². The van der Waals surface area contributed by atoms with Crippen LogP contribution in [0.4, 0.5) is 0 Å². The van der Waals surface area contributed by atoms with Gasteiger partial charge in [0, 0.05) is 24.5 Å². The van der Waals surface area contributed by atoms with Gasteiger partial charge in [0.15, 0.2) is 0 Å². The summed E-state index contributed by atoms with van der Waals surface area (Å²) in [5.74, 6) is 0.949. The molecule has 250 valence electrons. The Hall–Kier alpha value is -2.93. The Labute approximate surface area is 276 Å². The van der Waals surface area contributed by atoms with Crippen molar-refractivity contribution in [2.75, 3.05) is 6.54 Å². The lowest BCUT2D eigenvalue weighted by Crippen LogP contribution is -2.60. The molecule has 4 fully saturated rings. The summed E-state index contributed by atoms with van der Waals surface area (Å²) in [6.07, 6.45) is 19.5. The van der Waals surface area contributed by atoms with Crippen LogP contribution in [-0.2, 0) is 16.1 Å². The maximum atomic E-state index is 14.6. The molecule has 4 aliphatic rings. The fraction of sp³-hybridized carbons (Fsp3) is 0.667. The highest BCUT2D eigenvalue weighted by Crippen LogP contribution is 2.56. The van der Waals surface area contributed by atoms with Gasteiger partial charge in [-0.25, -0.2) is 0 Å². The molecule has 46 heavy (non-hydrogen) atoms. The van der Waals surface area contributed by atoms with Crippen LogP contribution in [0.1, 0.15) is 121 Å². The van der Waals surface area contributed by atoms with E-state index in [9.17, 15) is 9.59 Å². The minimum atomic E-state index is -0.645. The highest BCUT2D eigenvalue weighted by atomic mass is 16.2. The van der Waals surface area contributed by atoms with Crippen LogP contribution in [0.2, 0.25) is 0 Å². The predicted molar refractivity (Wildman–Crippen MR) is 186 cm³/mol. The number of likely N-dealkylation sites (tertiary alicyclic amines) is 1. The van der Waals surface area contributed by atoms with Crippen LogP contribution in [0.5, 0.6) is 0 Å². The van der Waals surface area contributed by atoms with E-state index >= 15 is 0 Å². The van der Waals surface area contributed by atoms with Crippen molar-refractivity contribution in [1.82, 2.24) is 10.2 Å². The number of hydrogen-bond acceptors (Lipinski definition) is 4. The second-order valence-electron chi connectivity index (χ2n) is 15.3. The van der Waals surface area contributed by atoms with Crippen molar-refractivity contribution in [3.05, 3.63) is 48.0 Å². The van der Waals surface area contributed by atoms with Gasteiger partial charge in [-0.15, -0.1) is 0 Å². The van der Waals surface area contributed by atoms with Crippen LogP contribution >= 0.6 is 0 Å². The molecule has 2 aromatic rings. The third-order valence-corrected chi connectivity index (χ3v) is 12.8. The van der Waals surface area contributed by atoms with E-state index in [1.54, 1.807) is 0 Å². The summed E-state index contributed by atoms with van der Waals surface area (Å²) >= 11 is 0. The van der Waals surface area contributed by atoms with Gasteiger partial charge in [-0.3, -0.25) is 19.9 Å². The number of amidine groups is 1. The molecule has 7 heteroatoms. The quantitative estimate of drug-likeness (QED) is 0.182. The summed E-state index contributed by atoms with van der Waals surface area (Å²) in [5.41, 5.74) is 12.7. The summed E-state index contributed by atoms with van der Waals surface area (Å²) in [6.45, 7) is 1.02. The summed E-state index contributed by atoms with van der Waals surface area (Å²) < 4.78 is 0. The van der Waals surface area contributed by atoms with Crippen molar-refractivity contribution >= 4 is 28.4 Å². The van der Waals surface area contributed by atoms with Crippen LogP contribution in [-0.4, -0.2) is 40.7 Å². The molecule has 2 aromatic carbocycles. The van der Waals surface area contributed by atoms with Crippen molar-refractivity contribution in [3.63, 3.8) is 0 Å². The minimum absolute atomic E-state index is 0.0412. The van der Waals surface area contributed by atoms with Gasteiger partial charge in [0.05, 0.1) is 17.3 Å². The Bertz CT molecular complexity index is 1370. The molecular formula is C39H57N5O2. The van der Waals surface area contributed by atoms with E-state index in [4.69, 9.17) is 16.9 Å². The monoisotopic (exact) mass is 627 g/mol. The fourth-order valence-electron chi connectivity index (χ4n) is 10.2. The Morgan fingerprint density at radius 3 is 2.15 bits per heavy atom. The molecule has 3 aliphatic carbocycles. The first-order valence-corrected chi connectivity index (χ1v) is 18.5. The van der Waals surface area contributed by atoms with E-state index in [1.807, 2.05) is 0 Å². The molecule has 3 saturated carbocycles. The van der Waals surface area contributed by atoms with Gasteiger partial charge < -0.3 is 16.8 Å². The molecule has 7 nitrogen and oxygen atoms in total. The van der Waals surface area contributed by atoms with Crippen LogP contribution in [0.3, 0.4) is 0 Å². The van der Waals surface area contributed by atoms with E-state index < -0.39 is 5.41 Å². The first kappa shape index (κ1) is 33.0. The number of carbonyl (C=O) groups excluding carboxylic acids is 2. The molecule has 6 N–H and O–H groups in total. The number of hydrogen-bond donors (Lipinski definition) is 4. The highest BCUT2D eigenvalue weighted by Gasteiger charge is 2.60. The van der Waals surface area contributed by atoms with Gasteiger partial charge in [-0.1, -0.05) is 107 Å². The molecule has 1 aliphatic heterocycles. The lowest BCUT2D eigenvalue weighted by molar-refractivity contribution is -0.132. The Morgan fingerprint density at radius 2 is 1.46 bits per heavy atom. The number of rotatable bonds is 8. The third-order valence-electron chi connectivity index (χ3n) is 12.8.